The zero-order valence-electron chi connectivity index (χ0n) is 18.0. The van der Waals surface area contributed by atoms with Gasteiger partial charge in [0.05, 0.1) is 36.5 Å². The molecule has 1 atom stereocenters. The molecule has 0 spiro atoms. The highest BCUT2D eigenvalue weighted by molar-refractivity contribution is 8.16. The van der Waals surface area contributed by atoms with Crippen LogP contribution >= 0.6 is 23.4 Å². The Balaban J connectivity index is 1.64. The second kappa shape index (κ2) is 9.26. The van der Waals surface area contributed by atoms with Gasteiger partial charge in [-0.1, -0.05) is 35.5 Å². The summed E-state index contributed by atoms with van der Waals surface area (Å²) >= 11 is 7.56. The number of thioether (sulfide) groups is 1. The molecule has 32 heavy (non-hydrogen) atoms. The van der Waals surface area contributed by atoms with Crippen LogP contribution in [0.1, 0.15) is 30.7 Å². The Morgan fingerprint density at radius 2 is 2.00 bits per heavy atom. The van der Waals surface area contributed by atoms with Crippen LogP contribution in [0.25, 0.3) is 0 Å². The Labute approximate surface area is 195 Å². The third-order valence-corrected chi connectivity index (χ3v) is 6.35. The number of nitrogens with one attached hydrogen (secondary N) is 1. The van der Waals surface area contributed by atoms with E-state index in [0.29, 0.717) is 28.6 Å². The zero-order chi connectivity index (χ0) is 22.8. The van der Waals surface area contributed by atoms with E-state index in [2.05, 4.69) is 10.3 Å². The zero-order valence-corrected chi connectivity index (χ0v) is 19.5. The molecule has 166 valence electrons. The number of furan rings is 1. The maximum absolute atomic E-state index is 13.1. The molecule has 2 aliphatic rings. The SMILES string of the molecule is CC1=C(C(=O)N(C)C)C(c2ccc(Cl)cc2)N2C(CC(=O)NCc3ccco3)=CSC2=N1. The number of halogens is 1. The van der Waals surface area contributed by atoms with Crippen LogP contribution in [0.5, 0.6) is 0 Å². The topological polar surface area (TPSA) is 78.2 Å². The van der Waals surface area contributed by atoms with Gasteiger partial charge in [-0.2, -0.15) is 0 Å². The number of benzene rings is 1. The van der Waals surface area contributed by atoms with Crippen LogP contribution in [0, 0.1) is 0 Å². The summed E-state index contributed by atoms with van der Waals surface area (Å²) in [5.74, 6) is 0.421. The van der Waals surface area contributed by atoms with Crippen molar-refractivity contribution in [3.63, 3.8) is 0 Å². The number of allylic oxidation sites excluding steroid dienone is 1. The number of nitrogens with zero attached hydrogens (tertiary/aromatic N) is 3. The molecule has 4 rings (SSSR count). The van der Waals surface area contributed by atoms with E-state index in [1.807, 2.05) is 35.4 Å². The minimum Gasteiger partial charge on any atom is -0.467 e. The first-order valence-corrected chi connectivity index (χ1v) is 11.3. The van der Waals surface area contributed by atoms with E-state index in [1.165, 1.54) is 11.8 Å². The van der Waals surface area contributed by atoms with Gasteiger partial charge in [-0.15, -0.1) is 0 Å². The number of likely N-dealkylation sites (N-methyl/N-ethyl adjacent to an activating group) is 1. The highest BCUT2D eigenvalue weighted by Gasteiger charge is 2.40. The Hall–Kier alpha value is -2.97. The van der Waals surface area contributed by atoms with Crippen molar-refractivity contribution in [2.45, 2.75) is 25.9 Å². The maximum atomic E-state index is 13.1. The summed E-state index contributed by atoms with van der Waals surface area (Å²) in [6.45, 7) is 2.16. The third kappa shape index (κ3) is 4.47. The van der Waals surface area contributed by atoms with Gasteiger partial charge in [0.2, 0.25) is 5.91 Å². The van der Waals surface area contributed by atoms with E-state index in [-0.39, 0.29) is 18.2 Å². The largest absolute Gasteiger partial charge is 0.467 e. The summed E-state index contributed by atoms with van der Waals surface area (Å²) in [4.78, 5) is 34.0. The number of hydrogen-bond acceptors (Lipinski definition) is 6. The Morgan fingerprint density at radius 1 is 1.25 bits per heavy atom. The normalized spacial score (nSPS) is 17.6. The first-order valence-electron chi connectivity index (χ1n) is 10.1. The third-order valence-electron chi connectivity index (χ3n) is 5.20. The van der Waals surface area contributed by atoms with Gasteiger partial charge in [-0.25, -0.2) is 4.99 Å². The Kier molecular flexibility index (Phi) is 6.43. The molecule has 2 aliphatic heterocycles. The predicted molar refractivity (Wildman–Crippen MR) is 126 cm³/mol. The lowest BCUT2D eigenvalue weighted by Gasteiger charge is -2.37. The number of carbonyl (C=O) groups excluding carboxylic acids is 2. The van der Waals surface area contributed by atoms with Crippen LogP contribution < -0.4 is 5.32 Å². The van der Waals surface area contributed by atoms with E-state index in [9.17, 15) is 9.59 Å². The number of hydrogen-bond donors (Lipinski definition) is 1. The molecule has 2 aromatic rings. The molecule has 3 heterocycles. The van der Waals surface area contributed by atoms with Gasteiger partial charge in [0.1, 0.15) is 5.76 Å². The maximum Gasteiger partial charge on any atom is 0.253 e. The number of carbonyl (C=O) groups is 2. The second-order valence-corrected chi connectivity index (χ2v) is 8.95. The van der Waals surface area contributed by atoms with E-state index >= 15 is 0 Å². The number of amides is 2. The van der Waals surface area contributed by atoms with Gasteiger partial charge in [0.25, 0.3) is 5.91 Å². The number of fused-ring (bicyclic) bond motifs is 1. The van der Waals surface area contributed by atoms with Crippen molar-refractivity contribution in [2.75, 3.05) is 14.1 Å². The molecule has 0 radical (unpaired) electrons. The van der Waals surface area contributed by atoms with Crippen molar-refractivity contribution in [1.29, 1.82) is 0 Å². The lowest BCUT2D eigenvalue weighted by Crippen LogP contribution is -2.40. The van der Waals surface area contributed by atoms with Crippen molar-refractivity contribution in [3.05, 3.63) is 81.4 Å². The predicted octanol–water partition coefficient (Wildman–Crippen LogP) is 4.30. The standard InChI is InChI=1S/C23H23ClN4O3S/c1-14-20(22(30)27(2)3)21(15-6-8-16(24)9-7-15)28-17(13-32-23(28)26-14)11-19(29)25-12-18-5-4-10-31-18/h4-10,13,21H,11-12H2,1-3H3,(H,25,29). The van der Waals surface area contributed by atoms with E-state index in [1.54, 1.807) is 43.5 Å². The van der Waals surface area contributed by atoms with Crippen LogP contribution in [-0.4, -0.2) is 40.9 Å². The first kappa shape index (κ1) is 22.2. The van der Waals surface area contributed by atoms with Gasteiger partial charge in [0, 0.05) is 24.8 Å². The smallest absolute Gasteiger partial charge is 0.253 e. The van der Waals surface area contributed by atoms with Crippen molar-refractivity contribution >= 4 is 40.3 Å². The van der Waals surface area contributed by atoms with Crippen LogP contribution in [0.4, 0.5) is 0 Å². The highest BCUT2D eigenvalue weighted by Crippen LogP contribution is 2.45. The van der Waals surface area contributed by atoms with Gasteiger partial charge >= 0.3 is 0 Å². The minimum absolute atomic E-state index is 0.122. The summed E-state index contributed by atoms with van der Waals surface area (Å²) in [7, 11) is 3.44. The highest BCUT2D eigenvalue weighted by atomic mass is 35.5. The molecule has 9 heteroatoms. The van der Waals surface area contributed by atoms with Crippen LogP contribution in [-0.2, 0) is 16.1 Å². The van der Waals surface area contributed by atoms with Gasteiger partial charge < -0.3 is 19.5 Å². The van der Waals surface area contributed by atoms with Crippen molar-refractivity contribution < 1.29 is 14.0 Å². The number of aliphatic imine (C=N–C) groups is 1. The van der Waals surface area contributed by atoms with Gasteiger partial charge in [0.15, 0.2) is 5.17 Å². The molecule has 1 aromatic heterocycles. The van der Waals surface area contributed by atoms with Crippen molar-refractivity contribution in [2.24, 2.45) is 4.99 Å². The molecule has 1 unspecified atom stereocenters. The fourth-order valence-corrected chi connectivity index (χ4v) is 4.76. The molecule has 1 aromatic carbocycles. The summed E-state index contributed by atoms with van der Waals surface area (Å²) in [6.07, 6.45) is 1.72. The second-order valence-electron chi connectivity index (χ2n) is 7.68. The molecule has 0 saturated carbocycles. The molecule has 7 nitrogen and oxygen atoms in total. The quantitative estimate of drug-likeness (QED) is 0.680. The lowest BCUT2D eigenvalue weighted by molar-refractivity contribution is -0.125. The van der Waals surface area contributed by atoms with Crippen molar-refractivity contribution in [3.8, 4) is 0 Å². The van der Waals surface area contributed by atoms with Crippen LogP contribution in [0.3, 0.4) is 0 Å². The average molecular weight is 471 g/mol. The monoisotopic (exact) mass is 470 g/mol. The molecular formula is C23H23ClN4O3S. The summed E-state index contributed by atoms with van der Waals surface area (Å²) in [6, 6.07) is 10.6. The fourth-order valence-electron chi connectivity index (χ4n) is 3.67. The van der Waals surface area contributed by atoms with E-state index < -0.39 is 6.04 Å². The molecule has 0 saturated heterocycles. The molecular weight excluding hydrogens is 448 g/mol. The van der Waals surface area contributed by atoms with E-state index in [4.69, 9.17) is 16.0 Å². The van der Waals surface area contributed by atoms with Crippen LogP contribution in [0.2, 0.25) is 5.02 Å². The summed E-state index contributed by atoms with van der Waals surface area (Å²) in [5.41, 5.74) is 2.92. The summed E-state index contributed by atoms with van der Waals surface area (Å²) in [5, 5.41) is 6.15. The fraction of sp³-hybridized carbons (Fsp3) is 0.261. The van der Waals surface area contributed by atoms with Gasteiger partial charge in [-0.05, 0) is 42.2 Å². The van der Waals surface area contributed by atoms with E-state index in [0.717, 1.165) is 16.4 Å². The first-order chi connectivity index (χ1) is 15.3. The lowest BCUT2D eigenvalue weighted by atomic mass is 9.93. The van der Waals surface area contributed by atoms with Gasteiger partial charge in [-0.3, -0.25) is 9.59 Å². The van der Waals surface area contributed by atoms with Crippen molar-refractivity contribution in [1.82, 2.24) is 15.1 Å². The van der Waals surface area contributed by atoms with Crippen LogP contribution in [0.15, 0.2) is 74.4 Å². The Bertz CT molecular complexity index is 1120. The molecule has 2 amide bonds. The molecule has 0 aliphatic carbocycles. The minimum atomic E-state index is -0.409. The molecule has 0 bridgehead atoms. The Morgan fingerprint density at radius 3 is 2.66 bits per heavy atom. The number of amidine groups is 1. The molecule has 1 N–H and O–H groups in total. The summed E-state index contributed by atoms with van der Waals surface area (Å²) < 4.78 is 5.28. The molecule has 0 fully saturated rings. The number of rotatable bonds is 6. The average Bonchev–Trinajstić information content (AvgIpc) is 3.41.